The summed E-state index contributed by atoms with van der Waals surface area (Å²) >= 11 is 2.36. The van der Waals surface area contributed by atoms with Gasteiger partial charge in [0.1, 0.15) is 18.2 Å². The minimum absolute atomic E-state index is 0.136. The van der Waals surface area contributed by atoms with Crippen molar-refractivity contribution in [1.82, 2.24) is 27.2 Å². The van der Waals surface area contributed by atoms with Crippen LogP contribution in [0.5, 0.6) is 0 Å². The Kier molecular flexibility index (Phi) is 17.4. The third-order valence-corrected chi connectivity index (χ3v) is 25.4. The quantitative estimate of drug-likeness (QED) is 0.0886. The van der Waals surface area contributed by atoms with Crippen LogP contribution in [-0.4, -0.2) is 148 Å². The molecule has 420 valence electrons. The van der Waals surface area contributed by atoms with Crippen LogP contribution in [0.15, 0.2) is 151 Å². The predicted molar refractivity (Wildman–Crippen MR) is 303 cm³/mol. The van der Waals surface area contributed by atoms with E-state index in [9.17, 15) is 43.9 Å². The highest BCUT2D eigenvalue weighted by molar-refractivity contribution is 7.91. The Labute approximate surface area is 467 Å². The van der Waals surface area contributed by atoms with Crippen LogP contribution in [-0.2, 0) is 51.3 Å². The summed E-state index contributed by atoms with van der Waals surface area (Å²) in [5.41, 5.74) is 1.24. The number of piperazine rings is 2. The van der Waals surface area contributed by atoms with Gasteiger partial charge in [-0.2, -0.15) is 17.2 Å². The van der Waals surface area contributed by atoms with Crippen LogP contribution in [0.25, 0.3) is 0 Å². The average Bonchev–Trinajstić information content (AvgIpc) is 4.17. The first-order chi connectivity index (χ1) is 37.0. The van der Waals surface area contributed by atoms with Crippen molar-refractivity contribution in [3.63, 3.8) is 0 Å². The van der Waals surface area contributed by atoms with Crippen molar-refractivity contribution in [2.24, 2.45) is 0 Å². The number of benzene rings is 2. The monoisotopic (exact) mass is 1180 g/mol. The molecule has 4 aromatic heterocycles. The standard InChI is InChI=1S/2C27H34N4O5S3/c2*1-27(2,32)21-10-12-22(13-11-21)30-16-15-29(39(35,36)26-9-5-17-37-26)19-24(30)20-31(23-6-3-7-23)38(33,34)25-8-4-14-28-18-25/h2*4-5,8-14,17-18,23-24,32H,3,6-7,15-16,19-20H2,1-2H3/t2*24-/m11/s1. The summed E-state index contributed by atoms with van der Waals surface area (Å²) in [4.78, 5) is 12.5. The number of rotatable bonds is 18. The van der Waals surface area contributed by atoms with E-state index in [2.05, 4.69) is 19.8 Å². The molecule has 2 aromatic carbocycles. The van der Waals surface area contributed by atoms with Gasteiger partial charge in [0.25, 0.3) is 20.0 Å². The first kappa shape index (κ1) is 58.0. The normalized spacial score (nSPS) is 19.8. The number of pyridine rings is 2. The molecule has 24 heteroatoms. The zero-order chi connectivity index (χ0) is 55.7. The highest BCUT2D eigenvalue weighted by Crippen LogP contribution is 2.36. The fraction of sp³-hybridized carbons (Fsp3) is 0.444. The van der Waals surface area contributed by atoms with Crippen molar-refractivity contribution in [2.75, 3.05) is 62.2 Å². The van der Waals surface area contributed by atoms with E-state index in [1.54, 1.807) is 108 Å². The van der Waals surface area contributed by atoms with Crippen LogP contribution >= 0.6 is 22.7 Å². The van der Waals surface area contributed by atoms with Gasteiger partial charge in [0, 0.05) is 101 Å². The van der Waals surface area contributed by atoms with E-state index in [-0.39, 0.29) is 69.6 Å². The smallest absolute Gasteiger partial charge is 0.252 e. The Morgan fingerprint density at radius 3 is 1.18 bits per heavy atom. The van der Waals surface area contributed by atoms with Gasteiger partial charge in [0.2, 0.25) is 20.0 Å². The molecule has 2 N–H and O–H groups in total. The molecular formula is C54H68N8O10S6. The van der Waals surface area contributed by atoms with Gasteiger partial charge in [-0.05, 0) is 136 Å². The van der Waals surface area contributed by atoms with Crippen molar-refractivity contribution >= 4 is 74.1 Å². The highest BCUT2D eigenvalue weighted by Gasteiger charge is 2.44. The van der Waals surface area contributed by atoms with Gasteiger partial charge < -0.3 is 20.0 Å². The molecule has 6 aromatic rings. The number of hydrogen-bond acceptors (Lipinski definition) is 16. The molecule has 0 spiro atoms. The molecule has 0 bridgehead atoms. The minimum atomic E-state index is -3.84. The molecule has 2 saturated carbocycles. The molecule has 6 heterocycles. The second-order valence-corrected chi connectivity index (χ2v) is 31.2. The second-order valence-electron chi connectivity index (χ2n) is 21.2. The number of hydrogen-bond donors (Lipinski definition) is 2. The van der Waals surface area contributed by atoms with Crippen molar-refractivity contribution in [3.8, 4) is 0 Å². The Morgan fingerprint density at radius 2 is 0.897 bits per heavy atom. The number of nitrogens with zero attached hydrogens (tertiary/aromatic N) is 8. The Morgan fingerprint density at radius 1 is 0.526 bits per heavy atom. The van der Waals surface area contributed by atoms with Gasteiger partial charge in [-0.25, -0.2) is 33.7 Å². The molecule has 2 atom stereocenters. The predicted octanol–water partition coefficient (Wildman–Crippen LogP) is 6.99. The highest BCUT2D eigenvalue weighted by atomic mass is 32.3. The van der Waals surface area contributed by atoms with Crippen LogP contribution in [0.2, 0.25) is 0 Å². The SMILES string of the molecule is CC(C)(O)c1ccc(N2CCN(S(=O)(=O)c3cccs3)C[C@@H]2CN(C2CCC2)S(=O)(=O)c2cccnc2)cc1.CC(C)(O)c1ccc(N2CCN(S(=O)(=O)c3cccs3)C[C@@H]2CN(C2CCC2)S(=O)(=O)c2cccnc2)cc1. The van der Waals surface area contributed by atoms with Gasteiger partial charge in [-0.1, -0.05) is 49.2 Å². The molecule has 2 aliphatic heterocycles. The number of aromatic nitrogens is 2. The fourth-order valence-electron chi connectivity index (χ4n) is 10.2. The number of aliphatic hydroxyl groups is 2. The third-order valence-electron chi connectivity index (χ3n) is 15.1. The lowest BCUT2D eigenvalue weighted by Gasteiger charge is -2.46. The summed E-state index contributed by atoms with van der Waals surface area (Å²) in [6, 6.07) is 26.9. The number of thiophene rings is 2. The Bertz CT molecular complexity index is 3170. The van der Waals surface area contributed by atoms with Crippen LogP contribution in [0.4, 0.5) is 11.4 Å². The van der Waals surface area contributed by atoms with Crippen molar-refractivity contribution < 1.29 is 43.9 Å². The molecule has 0 amide bonds. The molecule has 0 unspecified atom stereocenters. The summed E-state index contributed by atoms with van der Waals surface area (Å²) in [7, 11) is -15.1. The molecule has 10 rings (SSSR count). The zero-order valence-electron chi connectivity index (χ0n) is 44.1. The van der Waals surface area contributed by atoms with E-state index in [4.69, 9.17) is 0 Å². The van der Waals surface area contributed by atoms with E-state index < -0.39 is 63.4 Å². The lowest BCUT2D eigenvalue weighted by atomic mass is 9.93. The molecule has 4 aliphatic rings. The lowest BCUT2D eigenvalue weighted by molar-refractivity contribution is 0.0780. The second kappa shape index (κ2) is 23.4. The molecule has 0 radical (unpaired) electrons. The minimum Gasteiger partial charge on any atom is -0.386 e. The summed E-state index contributed by atoms with van der Waals surface area (Å²) in [5.74, 6) is 0. The maximum Gasteiger partial charge on any atom is 0.252 e. The molecule has 2 aliphatic carbocycles. The summed E-state index contributed by atoms with van der Waals surface area (Å²) in [6.07, 6.45) is 10.8. The first-order valence-corrected chi connectivity index (χ1v) is 33.6. The average molecular weight is 1180 g/mol. The summed E-state index contributed by atoms with van der Waals surface area (Å²) in [6.45, 7) is 8.85. The fourth-order valence-corrected chi connectivity index (χ4v) is 18.8. The number of sulfonamides is 4. The van der Waals surface area contributed by atoms with Crippen LogP contribution in [0.1, 0.15) is 77.3 Å². The van der Waals surface area contributed by atoms with Gasteiger partial charge in [0.15, 0.2) is 0 Å². The van der Waals surface area contributed by atoms with E-state index >= 15 is 0 Å². The lowest BCUT2D eigenvalue weighted by Crippen LogP contribution is -2.60. The Hall–Kier alpha value is -4.70. The van der Waals surface area contributed by atoms with Crippen LogP contribution in [0, 0.1) is 0 Å². The Balaban J connectivity index is 0.000000190. The molecule has 18 nitrogen and oxygen atoms in total. The molecule has 78 heavy (non-hydrogen) atoms. The number of anilines is 2. The van der Waals surface area contributed by atoms with Gasteiger partial charge in [-0.15, -0.1) is 22.7 Å². The molecular weight excluding hydrogens is 1110 g/mol. The van der Waals surface area contributed by atoms with E-state index in [1.165, 1.54) is 43.7 Å². The van der Waals surface area contributed by atoms with Crippen molar-refractivity contribution in [2.45, 2.75) is 120 Å². The third kappa shape index (κ3) is 12.6. The van der Waals surface area contributed by atoms with Crippen LogP contribution < -0.4 is 9.80 Å². The van der Waals surface area contributed by atoms with E-state index in [0.717, 1.165) is 61.0 Å². The van der Waals surface area contributed by atoms with Crippen molar-refractivity contribution in [3.05, 3.63) is 144 Å². The van der Waals surface area contributed by atoms with Crippen molar-refractivity contribution in [1.29, 1.82) is 0 Å². The van der Waals surface area contributed by atoms with E-state index in [0.29, 0.717) is 13.1 Å². The van der Waals surface area contributed by atoms with Crippen LogP contribution in [0.3, 0.4) is 0 Å². The first-order valence-electron chi connectivity index (χ1n) is 26.1. The summed E-state index contributed by atoms with van der Waals surface area (Å²) in [5, 5.41) is 24.3. The zero-order valence-corrected chi connectivity index (χ0v) is 49.0. The van der Waals surface area contributed by atoms with Gasteiger partial charge in [0.05, 0.1) is 23.3 Å². The largest absolute Gasteiger partial charge is 0.386 e. The van der Waals surface area contributed by atoms with Gasteiger partial charge in [-0.3, -0.25) is 9.97 Å². The molecule has 2 saturated heterocycles. The van der Waals surface area contributed by atoms with Gasteiger partial charge >= 0.3 is 0 Å². The maximum atomic E-state index is 13.8. The van der Waals surface area contributed by atoms with E-state index in [1.807, 2.05) is 48.5 Å². The molecule has 4 fully saturated rings. The topological polar surface area (TPSA) is 222 Å². The maximum absolute atomic E-state index is 13.8. The summed E-state index contributed by atoms with van der Waals surface area (Å²) < 4.78 is 116.